The van der Waals surface area contributed by atoms with Crippen molar-refractivity contribution in [2.45, 2.75) is 33.4 Å². The molecule has 0 unspecified atom stereocenters. The number of nitrogens with one attached hydrogen (secondary N) is 1. The van der Waals surface area contributed by atoms with Gasteiger partial charge >= 0.3 is 0 Å². The number of hydrogen-bond acceptors (Lipinski definition) is 5. The molecule has 0 aliphatic rings. The van der Waals surface area contributed by atoms with Gasteiger partial charge in [0.05, 0.1) is 0 Å². The maximum Gasteiger partial charge on any atom is 0.197 e. The SMILES string of the molecule is Cc1cnc(-c2ncc(CNC(C)C)cn2)nc1. The lowest BCUT2D eigenvalue weighted by Crippen LogP contribution is -2.22. The lowest BCUT2D eigenvalue weighted by atomic mass is 10.3. The minimum absolute atomic E-state index is 0.449. The fourth-order valence-electron chi connectivity index (χ4n) is 1.39. The van der Waals surface area contributed by atoms with Gasteiger partial charge in [-0.2, -0.15) is 0 Å². The lowest BCUT2D eigenvalue weighted by molar-refractivity contribution is 0.587. The highest BCUT2D eigenvalue weighted by Crippen LogP contribution is 2.08. The molecule has 0 bridgehead atoms. The van der Waals surface area contributed by atoms with Crippen LogP contribution in [0.4, 0.5) is 0 Å². The maximum absolute atomic E-state index is 4.28. The molecule has 0 saturated heterocycles. The Kier molecular flexibility index (Phi) is 3.94. The maximum atomic E-state index is 4.28. The van der Waals surface area contributed by atoms with Crippen LogP contribution in [0.3, 0.4) is 0 Å². The Bertz CT molecular complexity index is 490. The van der Waals surface area contributed by atoms with Crippen molar-refractivity contribution in [3.63, 3.8) is 0 Å². The minimum atomic E-state index is 0.449. The standard InChI is InChI=1S/C13H17N5/c1-9(2)14-6-11-7-17-13(18-8-11)12-15-4-10(3)5-16-12/h4-5,7-9,14H,6H2,1-3H3. The fraction of sp³-hybridized carbons (Fsp3) is 0.385. The van der Waals surface area contributed by atoms with Crippen LogP contribution < -0.4 is 5.32 Å². The molecular weight excluding hydrogens is 226 g/mol. The molecule has 0 amide bonds. The van der Waals surface area contributed by atoms with Crippen LogP contribution in [0, 0.1) is 6.92 Å². The Labute approximate surface area is 107 Å². The van der Waals surface area contributed by atoms with Crippen LogP contribution >= 0.6 is 0 Å². The van der Waals surface area contributed by atoms with E-state index in [0.29, 0.717) is 17.7 Å². The average Bonchev–Trinajstić information content (AvgIpc) is 2.38. The van der Waals surface area contributed by atoms with Gasteiger partial charge in [0.25, 0.3) is 0 Å². The van der Waals surface area contributed by atoms with E-state index in [-0.39, 0.29) is 0 Å². The molecule has 0 spiro atoms. The summed E-state index contributed by atoms with van der Waals surface area (Å²) < 4.78 is 0. The van der Waals surface area contributed by atoms with Gasteiger partial charge in [0.1, 0.15) is 0 Å². The Morgan fingerprint density at radius 1 is 0.944 bits per heavy atom. The summed E-state index contributed by atoms with van der Waals surface area (Å²) in [5.41, 5.74) is 2.08. The van der Waals surface area contributed by atoms with Crippen molar-refractivity contribution in [1.29, 1.82) is 0 Å². The number of aryl methyl sites for hydroxylation is 1. The van der Waals surface area contributed by atoms with E-state index in [1.165, 1.54) is 0 Å². The fourth-order valence-corrected chi connectivity index (χ4v) is 1.39. The Morgan fingerprint density at radius 2 is 1.44 bits per heavy atom. The molecule has 2 aromatic rings. The zero-order chi connectivity index (χ0) is 13.0. The predicted octanol–water partition coefficient (Wildman–Crippen LogP) is 1.74. The van der Waals surface area contributed by atoms with Gasteiger partial charge in [-0.15, -0.1) is 0 Å². The van der Waals surface area contributed by atoms with Crippen molar-refractivity contribution < 1.29 is 0 Å². The summed E-state index contributed by atoms with van der Waals surface area (Å²) in [6.45, 7) is 6.93. The van der Waals surface area contributed by atoms with E-state index in [0.717, 1.165) is 17.7 Å². The van der Waals surface area contributed by atoms with Gasteiger partial charge in [-0.05, 0) is 12.5 Å². The van der Waals surface area contributed by atoms with E-state index in [1.807, 2.05) is 6.92 Å². The van der Waals surface area contributed by atoms with E-state index in [2.05, 4.69) is 39.1 Å². The van der Waals surface area contributed by atoms with Crippen LogP contribution in [0.15, 0.2) is 24.8 Å². The summed E-state index contributed by atoms with van der Waals surface area (Å²) in [7, 11) is 0. The van der Waals surface area contributed by atoms with E-state index in [9.17, 15) is 0 Å². The minimum Gasteiger partial charge on any atom is -0.310 e. The number of nitrogens with zero attached hydrogens (tertiary/aromatic N) is 4. The smallest absolute Gasteiger partial charge is 0.197 e. The summed E-state index contributed by atoms with van der Waals surface area (Å²) in [6.07, 6.45) is 7.14. The molecule has 0 fully saturated rings. The predicted molar refractivity (Wildman–Crippen MR) is 69.8 cm³/mol. The molecule has 5 nitrogen and oxygen atoms in total. The van der Waals surface area contributed by atoms with Crippen LogP contribution in [0.5, 0.6) is 0 Å². The molecule has 18 heavy (non-hydrogen) atoms. The second kappa shape index (κ2) is 5.64. The van der Waals surface area contributed by atoms with Crippen LogP contribution in [0.25, 0.3) is 11.6 Å². The quantitative estimate of drug-likeness (QED) is 0.886. The summed E-state index contributed by atoms with van der Waals surface area (Å²) >= 11 is 0. The molecule has 0 atom stereocenters. The van der Waals surface area contributed by atoms with Gasteiger partial charge < -0.3 is 5.32 Å². The van der Waals surface area contributed by atoms with E-state index in [4.69, 9.17) is 0 Å². The molecular formula is C13H17N5. The molecule has 2 aromatic heterocycles. The van der Waals surface area contributed by atoms with Crippen LogP contribution in [-0.4, -0.2) is 26.0 Å². The zero-order valence-corrected chi connectivity index (χ0v) is 10.9. The van der Waals surface area contributed by atoms with E-state index >= 15 is 0 Å². The van der Waals surface area contributed by atoms with Gasteiger partial charge in [0.2, 0.25) is 0 Å². The van der Waals surface area contributed by atoms with Crippen molar-refractivity contribution in [3.05, 3.63) is 35.9 Å². The average molecular weight is 243 g/mol. The molecule has 1 N–H and O–H groups in total. The van der Waals surface area contributed by atoms with E-state index in [1.54, 1.807) is 24.8 Å². The normalized spacial score (nSPS) is 10.9. The Morgan fingerprint density at radius 3 is 1.94 bits per heavy atom. The van der Waals surface area contributed by atoms with Gasteiger partial charge in [-0.1, -0.05) is 13.8 Å². The largest absolute Gasteiger partial charge is 0.310 e. The van der Waals surface area contributed by atoms with Crippen molar-refractivity contribution in [1.82, 2.24) is 25.3 Å². The first kappa shape index (κ1) is 12.6. The number of hydrogen-bond donors (Lipinski definition) is 1. The van der Waals surface area contributed by atoms with Crippen molar-refractivity contribution in [2.24, 2.45) is 0 Å². The topological polar surface area (TPSA) is 63.6 Å². The van der Waals surface area contributed by atoms with Crippen molar-refractivity contribution in [3.8, 4) is 11.6 Å². The zero-order valence-electron chi connectivity index (χ0n) is 10.9. The third kappa shape index (κ3) is 3.30. The molecule has 0 aliphatic heterocycles. The lowest BCUT2D eigenvalue weighted by Gasteiger charge is -2.07. The summed E-state index contributed by atoms with van der Waals surface area (Å²) in [6, 6.07) is 0.449. The van der Waals surface area contributed by atoms with Crippen molar-refractivity contribution >= 4 is 0 Å². The third-order valence-electron chi connectivity index (χ3n) is 2.40. The van der Waals surface area contributed by atoms with E-state index < -0.39 is 0 Å². The highest BCUT2D eigenvalue weighted by molar-refractivity contribution is 5.41. The first-order valence-corrected chi connectivity index (χ1v) is 5.98. The van der Waals surface area contributed by atoms with Gasteiger partial charge in [0, 0.05) is 42.9 Å². The first-order chi connectivity index (χ1) is 8.65. The van der Waals surface area contributed by atoms with Gasteiger partial charge in [0.15, 0.2) is 11.6 Å². The summed E-state index contributed by atoms with van der Waals surface area (Å²) in [5.74, 6) is 1.12. The third-order valence-corrected chi connectivity index (χ3v) is 2.40. The second-order valence-corrected chi connectivity index (χ2v) is 4.53. The van der Waals surface area contributed by atoms with Crippen LogP contribution in [0.2, 0.25) is 0 Å². The highest BCUT2D eigenvalue weighted by Gasteiger charge is 2.04. The number of rotatable bonds is 4. The molecule has 2 rings (SSSR count). The first-order valence-electron chi connectivity index (χ1n) is 5.98. The molecule has 0 aliphatic carbocycles. The number of aromatic nitrogens is 4. The second-order valence-electron chi connectivity index (χ2n) is 4.53. The Balaban J connectivity index is 2.09. The van der Waals surface area contributed by atoms with Crippen LogP contribution in [-0.2, 0) is 6.54 Å². The molecule has 2 heterocycles. The highest BCUT2D eigenvalue weighted by atomic mass is 15.0. The Hall–Kier alpha value is -1.88. The van der Waals surface area contributed by atoms with Crippen molar-refractivity contribution in [2.75, 3.05) is 0 Å². The van der Waals surface area contributed by atoms with Gasteiger partial charge in [-0.25, -0.2) is 19.9 Å². The molecule has 0 saturated carbocycles. The van der Waals surface area contributed by atoms with Gasteiger partial charge in [-0.3, -0.25) is 0 Å². The summed E-state index contributed by atoms with van der Waals surface area (Å²) in [4.78, 5) is 17.0. The van der Waals surface area contributed by atoms with Crippen LogP contribution in [0.1, 0.15) is 25.0 Å². The molecule has 0 radical (unpaired) electrons. The molecule has 94 valence electrons. The summed E-state index contributed by atoms with van der Waals surface area (Å²) in [5, 5.41) is 3.32. The molecule has 5 heteroatoms. The monoisotopic (exact) mass is 243 g/mol. The molecule has 0 aromatic carbocycles.